The number of carbonyl (C=O) groups is 1. The normalized spacial score (nSPS) is 10.9. The summed E-state index contributed by atoms with van der Waals surface area (Å²) in [7, 11) is 0. The first-order valence-corrected chi connectivity index (χ1v) is 9.97. The van der Waals surface area contributed by atoms with Crippen LogP contribution in [-0.4, -0.2) is 37.0 Å². The van der Waals surface area contributed by atoms with E-state index >= 15 is 0 Å². The van der Waals surface area contributed by atoms with Gasteiger partial charge >= 0.3 is 0 Å². The third-order valence-electron chi connectivity index (χ3n) is 4.86. The summed E-state index contributed by atoms with van der Waals surface area (Å²) in [4.78, 5) is 40.8. The fourth-order valence-corrected chi connectivity index (χ4v) is 3.32. The molecule has 0 spiro atoms. The summed E-state index contributed by atoms with van der Waals surface area (Å²) in [6.45, 7) is 4.14. The minimum atomic E-state index is -0.254. The number of aromatic nitrogens is 5. The summed E-state index contributed by atoms with van der Waals surface area (Å²) in [5.74, 6) is 0.143. The second-order valence-electron chi connectivity index (χ2n) is 7.17. The van der Waals surface area contributed by atoms with E-state index in [1.54, 1.807) is 23.2 Å². The van der Waals surface area contributed by atoms with E-state index in [-0.39, 0.29) is 17.3 Å². The van der Waals surface area contributed by atoms with Gasteiger partial charge in [-0.15, -0.1) is 0 Å². The van der Waals surface area contributed by atoms with Gasteiger partial charge in [0, 0.05) is 49.9 Å². The maximum Gasteiger partial charge on any atom is 0.298 e. The number of fused-ring (bicyclic) bond motifs is 1. The Balaban J connectivity index is 1.63. The van der Waals surface area contributed by atoms with Gasteiger partial charge in [0.15, 0.2) is 5.82 Å². The Morgan fingerprint density at radius 2 is 2.03 bits per heavy atom. The molecule has 0 saturated carbocycles. The number of anilines is 1. The number of rotatable bonds is 7. The largest absolute Gasteiger partial charge is 0.365 e. The highest BCUT2D eigenvalue weighted by molar-refractivity contribution is 5.84. The monoisotopic (exact) mass is 417 g/mol. The highest BCUT2D eigenvalue weighted by Gasteiger charge is 2.15. The minimum Gasteiger partial charge on any atom is -0.365 e. The average Bonchev–Trinajstić information content (AvgIpc) is 3.18. The number of aryl methyl sites for hydroxylation is 1. The maximum absolute atomic E-state index is 13.2. The number of aromatic amines is 1. The Morgan fingerprint density at radius 3 is 2.81 bits per heavy atom. The van der Waals surface area contributed by atoms with Crippen LogP contribution in [0.15, 0.2) is 53.7 Å². The van der Waals surface area contributed by atoms with Crippen molar-refractivity contribution in [2.75, 3.05) is 11.9 Å². The summed E-state index contributed by atoms with van der Waals surface area (Å²) in [6.07, 6.45) is 5.84. The number of H-pyrrole nitrogens is 1. The van der Waals surface area contributed by atoms with Gasteiger partial charge in [-0.3, -0.25) is 19.1 Å². The van der Waals surface area contributed by atoms with Gasteiger partial charge in [0.25, 0.3) is 5.56 Å². The molecule has 31 heavy (non-hydrogen) atoms. The second kappa shape index (κ2) is 8.78. The molecule has 0 aliphatic carbocycles. The lowest BCUT2D eigenvalue weighted by atomic mass is 10.2. The van der Waals surface area contributed by atoms with Crippen molar-refractivity contribution in [3.63, 3.8) is 0 Å². The molecule has 4 aromatic rings. The number of pyridine rings is 2. The Hall–Kier alpha value is -4.01. The molecule has 1 amide bonds. The zero-order valence-electron chi connectivity index (χ0n) is 17.3. The van der Waals surface area contributed by atoms with E-state index in [4.69, 9.17) is 0 Å². The van der Waals surface area contributed by atoms with E-state index in [2.05, 4.69) is 30.6 Å². The molecule has 0 atom stereocenters. The molecular formula is C22H23N7O2. The molecule has 0 radical (unpaired) electrons. The predicted molar refractivity (Wildman–Crippen MR) is 118 cm³/mol. The molecule has 0 aromatic carbocycles. The predicted octanol–water partition coefficient (Wildman–Crippen LogP) is 2.10. The van der Waals surface area contributed by atoms with Crippen molar-refractivity contribution in [2.24, 2.45) is 0 Å². The van der Waals surface area contributed by atoms with Gasteiger partial charge in [-0.05, 0) is 31.2 Å². The standard InChI is InChI=1S/C22H23N7O2/c1-14-11-27-21(24-10-8-16-5-3-4-9-23-16)22(31)29(14)19-13-26-18-7-6-17(28-20(18)19)12-25-15(2)30/h3-7,9,11,13,26H,8,10,12H2,1-2H3,(H,24,27)(H,25,30). The lowest BCUT2D eigenvalue weighted by Gasteiger charge is -2.12. The maximum atomic E-state index is 13.2. The van der Waals surface area contributed by atoms with E-state index in [9.17, 15) is 9.59 Å². The van der Waals surface area contributed by atoms with Crippen LogP contribution in [0.5, 0.6) is 0 Å². The van der Waals surface area contributed by atoms with Crippen molar-refractivity contribution < 1.29 is 4.79 Å². The van der Waals surface area contributed by atoms with E-state index in [1.165, 1.54) is 6.92 Å². The molecule has 0 unspecified atom stereocenters. The van der Waals surface area contributed by atoms with Crippen LogP contribution >= 0.6 is 0 Å². The molecule has 9 heteroatoms. The lowest BCUT2D eigenvalue weighted by Crippen LogP contribution is -2.26. The van der Waals surface area contributed by atoms with Crippen molar-refractivity contribution >= 4 is 22.8 Å². The highest BCUT2D eigenvalue weighted by atomic mass is 16.1. The fourth-order valence-electron chi connectivity index (χ4n) is 3.32. The number of nitrogens with zero attached hydrogens (tertiary/aromatic N) is 4. The second-order valence-corrected chi connectivity index (χ2v) is 7.17. The Bertz CT molecular complexity index is 1280. The van der Waals surface area contributed by atoms with Gasteiger partial charge in [0.2, 0.25) is 5.91 Å². The van der Waals surface area contributed by atoms with Crippen molar-refractivity contribution in [1.29, 1.82) is 0 Å². The quantitative estimate of drug-likeness (QED) is 0.424. The van der Waals surface area contributed by atoms with Gasteiger partial charge in [-0.25, -0.2) is 9.97 Å². The molecule has 0 aliphatic rings. The molecule has 9 nitrogen and oxygen atoms in total. The molecule has 4 heterocycles. The van der Waals surface area contributed by atoms with Crippen LogP contribution < -0.4 is 16.2 Å². The van der Waals surface area contributed by atoms with Crippen molar-refractivity contribution in [3.05, 3.63) is 76.4 Å². The zero-order chi connectivity index (χ0) is 21.8. The van der Waals surface area contributed by atoms with E-state index < -0.39 is 0 Å². The molecule has 158 valence electrons. The topological polar surface area (TPSA) is 118 Å². The van der Waals surface area contributed by atoms with Crippen molar-refractivity contribution in [3.8, 4) is 5.69 Å². The first-order chi connectivity index (χ1) is 15.0. The van der Waals surface area contributed by atoms with Gasteiger partial charge in [-0.2, -0.15) is 0 Å². The average molecular weight is 417 g/mol. The van der Waals surface area contributed by atoms with Crippen LogP contribution in [-0.2, 0) is 17.8 Å². The van der Waals surface area contributed by atoms with Crippen LogP contribution in [0.25, 0.3) is 16.7 Å². The van der Waals surface area contributed by atoms with E-state index in [0.29, 0.717) is 42.1 Å². The van der Waals surface area contributed by atoms with E-state index in [1.807, 2.05) is 37.3 Å². The fraction of sp³-hybridized carbons (Fsp3) is 0.227. The van der Waals surface area contributed by atoms with Crippen molar-refractivity contribution in [2.45, 2.75) is 26.8 Å². The Labute approximate surface area is 178 Å². The summed E-state index contributed by atoms with van der Waals surface area (Å²) in [5.41, 5.74) is 4.17. The zero-order valence-corrected chi connectivity index (χ0v) is 17.3. The first kappa shape index (κ1) is 20.3. The molecule has 4 rings (SSSR count). The molecule has 0 aliphatic heterocycles. The third-order valence-corrected chi connectivity index (χ3v) is 4.86. The molecular weight excluding hydrogens is 394 g/mol. The molecule has 4 aromatic heterocycles. The minimum absolute atomic E-state index is 0.126. The van der Waals surface area contributed by atoms with E-state index in [0.717, 1.165) is 11.2 Å². The number of hydrogen-bond acceptors (Lipinski definition) is 6. The van der Waals surface area contributed by atoms with Crippen LogP contribution in [0.1, 0.15) is 24.0 Å². The van der Waals surface area contributed by atoms with Crippen LogP contribution in [0.4, 0.5) is 5.82 Å². The number of carbonyl (C=O) groups excluding carboxylic acids is 1. The van der Waals surface area contributed by atoms with Gasteiger partial charge in [-0.1, -0.05) is 6.07 Å². The molecule has 0 saturated heterocycles. The summed E-state index contributed by atoms with van der Waals surface area (Å²) < 4.78 is 1.59. The Kier molecular flexibility index (Phi) is 5.74. The van der Waals surface area contributed by atoms with Gasteiger partial charge < -0.3 is 15.6 Å². The molecule has 3 N–H and O–H groups in total. The lowest BCUT2D eigenvalue weighted by molar-refractivity contribution is -0.119. The molecule has 0 fully saturated rings. The first-order valence-electron chi connectivity index (χ1n) is 9.97. The smallest absolute Gasteiger partial charge is 0.298 e. The van der Waals surface area contributed by atoms with Crippen molar-refractivity contribution in [1.82, 2.24) is 29.8 Å². The van der Waals surface area contributed by atoms with Gasteiger partial charge in [0.1, 0.15) is 5.52 Å². The summed E-state index contributed by atoms with van der Waals surface area (Å²) in [5, 5.41) is 5.86. The summed E-state index contributed by atoms with van der Waals surface area (Å²) in [6, 6.07) is 9.47. The third kappa shape index (κ3) is 4.45. The van der Waals surface area contributed by atoms with Crippen LogP contribution in [0, 0.1) is 6.92 Å². The van der Waals surface area contributed by atoms with Crippen LogP contribution in [0.3, 0.4) is 0 Å². The number of nitrogens with one attached hydrogen (secondary N) is 3. The van der Waals surface area contributed by atoms with Crippen LogP contribution in [0.2, 0.25) is 0 Å². The van der Waals surface area contributed by atoms with Gasteiger partial charge in [0.05, 0.1) is 23.4 Å². The Morgan fingerprint density at radius 1 is 1.16 bits per heavy atom. The number of amides is 1. The number of hydrogen-bond donors (Lipinski definition) is 3. The summed E-state index contributed by atoms with van der Waals surface area (Å²) >= 11 is 0. The SMILES string of the molecule is CC(=O)NCc1ccc2[nH]cc(-n3c(C)cnc(NCCc4ccccn4)c3=O)c2n1. The molecule has 0 bridgehead atoms. The highest BCUT2D eigenvalue weighted by Crippen LogP contribution is 2.21.